The van der Waals surface area contributed by atoms with Crippen molar-refractivity contribution in [1.82, 2.24) is 14.5 Å². The van der Waals surface area contributed by atoms with Crippen molar-refractivity contribution in [3.05, 3.63) is 40.9 Å². The molecule has 1 unspecified atom stereocenters. The first-order valence-electron chi connectivity index (χ1n) is 8.76. The molecule has 142 valence electrons. The van der Waals surface area contributed by atoms with Gasteiger partial charge >= 0.3 is 0 Å². The third kappa shape index (κ3) is 3.12. The van der Waals surface area contributed by atoms with E-state index in [9.17, 15) is 18.0 Å². The number of furan rings is 1. The zero-order valence-electron chi connectivity index (χ0n) is 14.8. The third-order valence-electron chi connectivity index (χ3n) is 4.97. The molecule has 3 aromatic rings. The Kier molecular flexibility index (Phi) is 4.26. The largest absolute Gasteiger partial charge is 0.448 e. The number of benzene rings is 1. The summed E-state index contributed by atoms with van der Waals surface area (Å²) in [4.78, 5) is 31.3. The van der Waals surface area contributed by atoms with Crippen LogP contribution in [0.1, 0.15) is 13.3 Å². The lowest BCUT2D eigenvalue weighted by Crippen LogP contribution is -2.43. The van der Waals surface area contributed by atoms with Crippen molar-refractivity contribution in [3.63, 3.8) is 0 Å². The molecule has 27 heavy (non-hydrogen) atoms. The summed E-state index contributed by atoms with van der Waals surface area (Å²) in [5, 5.41) is 0.745. The minimum absolute atomic E-state index is 0.0255. The molecule has 1 amide bonds. The molecule has 0 radical (unpaired) electrons. The molecular formula is C18H19N3O5S. The Bertz CT molecular complexity index is 1190. The molecule has 1 aromatic carbocycles. The van der Waals surface area contributed by atoms with Crippen LogP contribution in [-0.4, -0.2) is 52.9 Å². The van der Waals surface area contributed by atoms with Crippen molar-refractivity contribution in [2.75, 3.05) is 18.1 Å². The highest BCUT2D eigenvalue weighted by molar-refractivity contribution is 7.91. The Labute approximate surface area is 155 Å². The number of likely N-dealkylation sites (N-methyl/N-ethyl adjacent to an activating group) is 1. The van der Waals surface area contributed by atoms with E-state index < -0.39 is 15.4 Å². The van der Waals surface area contributed by atoms with Crippen LogP contribution in [0.2, 0.25) is 0 Å². The van der Waals surface area contributed by atoms with Gasteiger partial charge in [-0.25, -0.2) is 13.4 Å². The smallest absolute Gasteiger partial charge is 0.297 e. The van der Waals surface area contributed by atoms with Crippen LogP contribution in [-0.2, 0) is 21.2 Å². The van der Waals surface area contributed by atoms with Crippen molar-refractivity contribution in [1.29, 1.82) is 0 Å². The first kappa shape index (κ1) is 17.7. The van der Waals surface area contributed by atoms with Crippen LogP contribution in [0.4, 0.5) is 0 Å². The highest BCUT2D eigenvalue weighted by Crippen LogP contribution is 2.24. The summed E-state index contributed by atoms with van der Waals surface area (Å²) in [5.74, 6) is -0.241. The van der Waals surface area contributed by atoms with E-state index in [4.69, 9.17) is 4.42 Å². The average Bonchev–Trinajstić information content (AvgIpc) is 3.18. The van der Waals surface area contributed by atoms with Gasteiger partial charge in [-0.05, 0) is 25.5 Å². The molecule has 4 rings (SSSR count). The number of para-hydroxylation sites is 1. The van der Waals surface area contributed by atoms with E-state index in [-0.39, 0.29) is 35.6 Å². The molecule has 1 aliphatic rings. The van der Waals surface area contributed by atoms with Gasteiger partial charge in [0.1, 0.15) is 17.6 Å². The van der Waals surface area contributed by atoms with Gasteiger partial charge in [0.15, 0.2) is 9.84 Å². The lowest BCUT2D eigenvalue weighted by Gasteiger charge is -2.27. The van der Waals surface area contributed by atoms with Crippen molar-refractivity contribution in [2.45, 2.75) is 25.9 Å². The second-order valence-corrected chi connectivity index (χ2v) is 8.92. The van der Waals surface area contributed by atoms with Crippen LogP contribution in [0.3, 0.4) is 0 Å². The topological polar surface area (TPSA) is 102 Å². The van der Waals surface area contributed by atoms with Gasteiger partial charge in [-0.2, -0.15) is 0 Å². The van der Waals surface area contributed by atoms with Crippen molar-refractivity contribution < 1.29 is 17.6 Å². The zero-order chi connectivity index (χ0) is 19.2. The lowest BCUT2D eigenvalue weighted by molar-refractivity contribution is -0.133. The Morgan fingerprint density at radius 2 is 2.15 bits per heavy atom. The molecule has 2 aromatic heterocycles. The van der Waals surface area contributed by atoms with Crippen LogP contribution >= 0.6 is 0 Å². The predicted molar refractivity (Wildman–Crippen MR) is 100 cm³/mol. The number of aromatic nitrogens is 2. The maximum absolute atomic E-state index is 12.7. The van der Waals surface area contributed by atoms with E-state index in [0.717, 1.165) is 5.39 Å². The third-order valence-corrected chi connectivity index (χ3v) is 6.72. The standard InChI is InChI=1S/C18H19N3O5S/c1-2-21(12-7-8-27(24,25)10-12)15(22)9-20-11-19-16-13-5-3-4-6-14(13)26-17(16)18(20)23/h3-6,11-12H,2,7-10H2,1H3. The van der Waals surface area contributed by atoms with Gasteiger partial charge in [-0.15, -0.1) is 0 Å². The van der Waals surface area contributed by atoms with Crippen LogP contribution in [0, 0.1) is 0 Å². The minimum Gasteiger partial charge on any atom is -0.448 e. The summed E-state index contributed by atoms with van der Waals surface area (Å²) >= 11 is 0. The summed E-state index contributed by atoms with van der Waals surface area (Å²) in [6, 6.07) is 6.88. The van der Waals surface area contributed by atoms with Crippen molar-refractivity contribution >= 4 is 37.8 Å². The molecule has 1 saturated heterocycles. The van der Waals surface area contributed by atoms with Crippen LogP contribution in [0.5, 0.6) is 0 Å². The van der Waals surface area contributed by atoms with E-state index >= 15 is 0 Å². The number of carbonyl (C=O) groups excluding carboxylic acids is 1. The Morgan fingerprint density at radius 3 is 2.85 bits per heavy atom. The molecular weight excluding hydrogens is 370 g/mol. The molecule has 1 atom stereocenters. The normalized spacial score (nSPS) is 18.9. The van der Waals surface area contributed by atoms with Gasteiger partial charge in [-0.1, -0.05) is 12.1 Å². The molecule has 0 saturated carbocycles. The fourth-order valence-electron chi connectivity index (χ4n) is 3.62. The Hall–Kier alpha value is -2.68. The van der Waals surface area contributed by atoms with E-state index in [1.807, 2.05) is 18.2 Å². The number of hydrogen-bond acceptors (Lipinski definition) is 6. The molecule has 0 bridgehead atoms. The monoisotopic (exact) mass is 389 g/mol. The molecule has 0 aliphatic carbocycles. The van der Waals surface area contributed by atoms with Crippen molar-refractivity contribution in [2.24, 2.45) is 0 Å². The number of carbonyl (C=O) groups is 1. The summed E-state index contributed by atoms with van der Waals surface area (Å²) in [6.07, 6.45) is 1.77. The summed E-state index contributed by atoms with van der Waals surface area (Å²) in [5.41, 5.74) is 0.707. The molecule has 0 spiro atoms. The molecule has 1 aliphatic heterocycles. The summed E-state index contributed by atoms with van der Waals surface area (Å²) < 4.78 is 30.3. The van der Waals surface area contributed by atoms with Gasteiger partial charge in [0, 0.05) is 18.0 Å². The number of amides is 1. The predicted octanol–water partition coefficient (Wildman–Crippen LogP) is 1.18. The van der Waals surface area contributed by atoms with Crippen LogP contribution in [0.15, 0.2) is 39.8 Å². The van der Waals surface area contributed by atoms with Crippen molar-refractivity contribution in [3.8, 4) is 0 Å². The van der Waals surface area contributed by atoms with E-state index in [0.29, 0.717) is 24.1 Å². The summed E-state index contributed by atoms with van der Waals surface area (Å²) in [7, 11) is -3.10. The molecule has 1 fully saturated rings. The molecule has 8 nitrogen and oxygen atoms in total. The SMILES string of the molecule is CCN(C(=O)Cn1cnc2c(oc3ccccc32)c1=O)C1CCS(=O)(=O)C1. The van der Waals surface area contributed by atoms with Crippen LogP contribution in [0.25, 0.3) is 22.1 Å². The van der Waals surface area contributed by atoms with Crippen LogP contribution < -0.4 is 5.56 Å². The first-order valence-corrected chi connectivity index (χ1v) is 10.6. The zero-order valence-corrected chi connectivity index (χ0v) is 15.6. The number of rotatable bonds is 4. The quantitative estimate of drug-likeness (QED) is 0.664. The fourth-order valence-corrected chi connectivity index (χ4v) is 5.35. The lowest BCUT2D eigenvalue weighted by atomic mass is 10.2. The maximum Gasteiger partial charge on any atom is 0.297 e. The highest BCUT2D eigenvalue weighted by atomic mass is 32.2. The second-order valence-electron chi connectivity index (χ2n) is 6.69. The second kappa shape index (κ2) is 6.49. The maximum atomic E-state index is 12.7. The number of hydrogen-bond donors (Lipinski definition) is 0. The average molecular weight is 389 g/mol. The van der Waals surface area contributed by atoms with E-state index in [2.05, 4.69) is 4.98 Å². The number of nitrogens with zero attached hydrogens (tertiary/aromatic N) is 3. The van der Waals surface area contributed by atoms with E-state index in [1.54, 1.807) is 13.0 Å². The van der Waals surface area contributed by atoms with Gasteiger partial charge in [0.2, 0.25) is 11.5 Å². The Balaban J connectivity index is 1.64. The molecule has 3 heterocycles. The number of sulfone groups is 1. The van der Waals surface area contributed by atoms with Gasteiger partial charge in [0.25, 0.3) is 5.56 Å². The van der Waals surface area contributed by atoms with Gasteiger partial charge in [0.05, 0.1) is 17.8 Å². The molecule has 0 N–H and O–H groups in total. The van der Waals surface area contributed by atoms with Gasteiger partial charge < -0.3 is 9.32 Å². The first-order chi connectivity index (χ1) is 12.9. The number of fused-ring (bicyclic) bond motifs is 3. The molecule has 9 heteroatoms. The Morgan fingerprint density at radius 1 is 1.37 bits per heavy atom. The van der Waals surface area contributed by atoms with E-state index in [1.165, 1.54) is 15.8 Å². The summed E-state index contributed by atoms with van der Waals surface area (Å²) in [6.45, 7) is 1.98. The highest BCUT2D eigenvalue weighted by Gasteiger charge is 2.34. The minimum atomic E-state index is -3.10. The van der Waals surface area contributed by atoms with Gasteiger partial charge in [-0.3, -0.25) is 14.2 Å². The fraction of sp³-hybridized carbons (Fsp3) is 0.389.